The summed E-state index contributed by atoms with van der Waals surface area (Å²) in [5.74, 6) is 4.27. The molecule has 0 aliphatic rings. The third-order valence-electron chi connectivity index (χ3n) is 4.19. The maximum atomic E-state index is 12.8. The number of anilines is 1. The Morgan fingerprint density at radius 2 is 1.97 bits per heavy atom. The lowest BCUT2D eigenvalue weighted by atomic mass is 10.1. The van der Waals surface area contributed by atoms with E-state index >= 15 is 0 Å². The smallest absolute Gasteiger partial charge is 0.339 e. The molecule has 3 aromatic rings. The number of carboxylic acid groups (broad SMARTS) is 1. The molecule has 0 bridgehead atoms. The van der Waals surface area contributed by atoms with E-state index in [0.717, 1.165) is 0 Å². The Morgan fingerprint density at radius 1 is 1.23 bits per heavy atom. The molecule has 0 radical (unpaired) electrons. The van der Waals surface area contributed by atoms with Crippen LogP contribution in [0.2, 0.25) is 0 Å². The SMILES string of the molecule is CC#CCOc1ccc(S(=O)(=O)CNc2c(C(=O)O)cnc3c(Br)cccc23)cc1. The van der Waals surface area contributed by atoms with Crippen LogP contribution in [0.15, 0.2) is 58.0 Å². The zero-order chi connectivity index (χ0) is 21.7. The van der Waals surface area contributed by atoms with Gasteiger partial charge in [-0.3, -0.25) is 4.98 Å². The van der Waals surface area contributed by atoms with Crippen molar-refractivity contribution in [1.29, 1.82) is 0 Å². The van der Waals surface area contributed by atoms with E-state index in [-0.39, 0.29) is 22.8 Å². The summed E-state index contributed by atoms with van der Waals surface area (Å²) in [5.41, 5.74) is 0.603. The highest BCUT2D eigenvalue weighted by molar-refractivity contribution is 9.10. The third kappa shape index (κ3) is 4.72. The number of carbonyl (C=O) groups is 1. The number of fused-ring (bicyclic) bond motifs is 1. The summed E-state index contributed by atoms with van der Waals surface area (Å²) in [6.07, 6.45) is 1.20. The Balaban J connectivity index is 1.87. The lowest BCUT2D eigenvalue weighted by Crippen LogP contribution is -2.17. The van der Waals surface area contributed by atoms with Crippen molar-refractivity contribution in [2.75, 3.05) is 17.8 Å². The van der Waals surface area contributed by atoms with Crippen LogP contribution in [0.4, 0.5) is 5.69 Å². The molecule has 2 aromatic carbocycles. The van der Waals surface area contributed by atoms with E-state index in [1.165, 1.54) is 18.3 Å². The number of aromatic carboxylic acids is 1. The van der Waals surface area contributed by atoms with Crippen molar-refractivity contribution in [3.63, 3.8) is 0 Å². The van der Waals surface area contributed by atoms with Crippen molar-refractivity contribution < 1.29 is 23.1 Å². The number of aromatic nitrogens is 1. The summed E-state index contributed by atoms with van der Waals surface area (Å²) in [6, 6.07) is 11.1. The summed E-state index contributed by atoms with van der Waals surface area (Å²) in [7, 11) is -3.74. The van der Waals surface area contributed by atoms with E-state index < -0.39 is 21.7 Å². The van der Waals surface area contributed by atoms with Crippen molar-refractivity contribution in [1.82, 2.24) is 4.98 Å². The van der Waals surface area contributed by atoms with E-state index in [9.17, 15) is 18.3 Å². The Labute approximate surface area is 182 Å². The molecular formula is C21H17BrN2O5S. The minimum Gasteiger partial charge on any atom is -0.481 e. The second kappa shape index (κ2) is 9.15. The van der Waals surface area contributed by atoms with E-state index in [1.807, 2.05) is 0 Å². The number of benzene rings is 2. The number of hydrogen-bond donors (Lipinski definition) is 2. The highest BCUT2D eigenvalue weighted by Crippen LogP contribution is 2.31. The van der Waals surface area contributed by atoms with Gasteiger partial charge in [0.2, 0.25) is 0 Å². The topological polar surface area (TPSA) is 106 Å². The first-order chi connectivity index (χ1) is 14.3. The maximum Gasteiger partial charge on any atom is 0.339 e. The van der Waals surface area contributed by atoms with Gasteiger partial charge in [-0.1, -0.05) is 18.1 Å². The van der Waals surface area contributed by atoms with Gasteiger partial charge in [0.15, 0.2) is 9.84 Å². The largest absolute Gasteiger partial charge is 0.481 e. The van der Waals surface area contributed by atoms with E-state index in [0.29, 0.717) is 21.1 Å². The Kier molecular flexibility index (Phi) is 6.59. The first kappa shape index (κ1) is 21.6. The average Bonchev–Trinajstić information content (AvgIpc) is 2.72. The average molecular weight is 489 g/mol. The number of carboxylic acids is 1. The minimum atomic E-state index is -3.74. The van der Waals surface area contributed by atoms with Gasteiger partial charge in [-0.15, -0.1) is 5.92 Å². The maximum absolute atomic E-state index is 12.8. The van der Waals surface area contributed by atoms with Crippen LogP contribution < -0.4 is 10.1 Å². The summed E-state index contributed by atoms with van der Waals surface area (Å²) in [4.78, 5) is 15.9. The van der Waals surface area contributed by atoms with Gasteiger partial charge >= 0.3 is 5.97 Å². The fourth-order valence-electron chi connectivity index (χ4n) is 2.72. The number of sulfone groups is 1. The fraction of sp³-hybridized carbons (Fsp3) is 0.143. The van der Waals surface area contributed by atoms with Crippen molar-refractivity contribution >= 4 is 48.3 Å². The number of halogens is 1. The first-order valence-electron chi connectivity index (χ1n) is 8.73. The van der Waals surface area contributed by atoms with Gasteiger partial charge < -0.3 is 15.2 Å². The predicted molar refractivity (Wildman–Crippen MR) is 117 cm³/mol. The van der Waals surface area contributed by atoms with Crippen molar-refractivity contribution in [3.8, 4) is 17.6 Å². The van der Waals surface area contributed by atoms with Gasteiger partial charge in [0.05, 0.1) is 16.1 Å². The minimum absolute atomic E-state index is 0.0837. The molecule has 2 N–H and O–H groups in total. The monoisotopic (exact) mass is 488 g/mol. The van der Waals surface area contributed by atoms with E-state index in [1.54, 1.807) is 37.3 Å². The van der Waals surface area contributed by atoms with Gasteiger partial charge in [-0.25, -0.2) is 13.2 Å². The van der Waals surface area contributed by atoms with Crippen LogP contribution in [-0.4, -0.2) is 37.0 Å². The Hall–Kier alpha value is -3.09. The van der Waals surface area contributed by atoms with Crippen LogP contribution in [0, 0.1) is 11.8 Å². The normalized spacial score (nSPS) is 10.9. The molecule has 9 heteroatoms. The molecule has 0 fully saturated rings. The summed E-state index contributed by atoms with van der Waals surface area (Å²) >= 11 is 3.37. The summed E-state index contributed by atoms with van der Waals surface area (Å²) in [6.45, 7) is 1.92. The number of pyridine rings is 1. The summed E-state index contributed by atoms with van der Waals surface area (Å²) < 4.78 is 31.6. The highest BCUT2D eigenvalue weighted by Gasteiger charge is 2.20. The molecule has 0 unspecified atom stereocenters. The molecule has 0 atom stereocenters. The molecule has 0 spiro atoms. The zero-order valence-corrected chi connectivity index (χ0v) is 18.2. The molecule has 7 nitrogen and oxygen atoms in total. The third-order valence-corrected chi connectivity index (χ3v) is 6.34. The zero-order valence-electron chi connectivity index (χ0n) is 15.8. The second-order valence-electron chi connectivity index (χ2n) is 6.11. The van der Waals surface area contributed by atoms with Gasteiger partial charge in [-0.2, -0.15) is 0 Å². The Bertz CT molecular complexity index is 1260. The lowest BCUT2D eigenvalue weighted by Gasteiger charge is -2.14. The van der Waals surface area contributed by atoms with Crippen LogP contribution in [0.25, 0.3) is 10.9 Å². The van der Waals surface area contributed by atoms with Crippen molar-refractivity contribution in [2.24, 2.45) is 0 Å². The lowest BCUT2D eigenvalue weighted by molar-refractivity contribution is 0.0697. The molecule has 0 saturated carbocycles. The molecule has 0 amide bonds. The molecule has 0 saturated heterocycles. The van der Waals surface area contributed by atoms with E-state index in [2.05, 4.69) is 38.1 Å². The van der Waals surface area contributed by atoms with Gasteiger partial charge in [0.25, 0.3) is 0 Å². The number of ether oxygens (including phenoxy) is 1. The molecule has 0 aliphatic carbocycles. The first-order valence-corrected chi connectivity index (χ1v) is 11.2. The molecule has 3 rings (SSSR count). The Morgan fingerprint density at radius 3 is 2.63 bits per heavy atom. The van der Waals surface area contributed by atoms with Crippen LogP contribution in [0.5, 0.6) is 5.75 Å². The predicted octanol–water partition coefficient (Wildman–Crippen LogP) is 3.94. The molecule has 30 heavy (non-hydrogen) atoms. The van der Waals surface area contributed by atoms with Gasteiger partial charge in [0, 0.05) is 16.1 Å². The number of hydrogen-bond acceptors (Lipinski definition) is 6. The van der Waals surface area contributed by atoms with Crippen molar-refractivity contribution in [3.05, 3.63) is 58.7 Å². The number of nitrogens with one attached hydrogen (secondary N) is 1. The van der Waals surface area contributed by atoms with Crippen LogP contribution >= 0.6 is 15.9 Å². The molecular weight excluding hydrogens is 472 g/mol. The molecule has 0 aliphatic heterocycles. The molecule has 154 valence electrons. The number of para-hydroxylation sites is 1. The fourth-order valence-corrected chi connectivity index (χ4v) is 4.25. The van der Waals surface area contributed by atoms with Crippen LogP contribution in [0.3, 0.4) is 0 Å². The van der Waals surface area contributed by atoms with Crippen LogP contribution in [-0.2, 0) is 9.84 Å². The van der Waals surface area contributed by atoms with Gasteiger partial charge in [0.1, 0.15) is 23.8 Å². The highest BCUT2D eigenvalue weighted by atomic mass is 79.9. The number of rotatable bonds is 7. The summed E-state index contributed by atoms with van der Waals surface area (Å²) in [5, 5.41) is 12.8. The van der Waals surface area contributed by atoms with E-state index in [4.69, 9.17) is 4.74 Å². The second-order valence-corrected chi connectivity index (χ2v) is 8.95. The van der Waals surface area contributed by atoms with Crippen LogP contribution in [0.1, 0.15) is 17.3 Å². The number of nitrogens with zero attached hydrogens (tertiary/aromatic N) is 1. The molecule has 1 aromatic heterocycles. The van der Waals surface area contributed by atoms with Crippen molar-refractivity contribution in [2.45, 2.75) is 11.8 Å². The molecule has 1 heterocycles. The standard InChI is InChI=1S/C21H17BrN2O5S/c1-2-3-11-29-14-7-9-15(10-8-14)30(27,28)13-24-19-16-5-4-6-18(22)20(16)23-12-17(19)21(25)26/h4-10,12H,11,13H2,1H3,(H,23,24)(H,25,26). The quantitative estimate of drug-likeness (QED) is 0.485. The van der Waals surface area contributed by atoms with Gasteiger partial charge in [-0.05, 0) is 53.2 Å².